The molecule has 1 fully saturated rings. The fourth-order valence-corrected chi connectivity index (χ4v) is 4.32. The van der Waals surface area contributed by atoms with Crippen LogP contribution in [0.3, 0.4) is 0 Å². The van der Waals surface area contributed by atoms with Gasteiger partial charge in [-0.15, -0.1) is 0 Å². The summed E-state index contributed by atoms with van der Waals surface area (Å²) in [6.07, 6.45) is 7.47. The molecule has 0 radical (unpaired) electrons. The van der Waals surface area contributed by atoms with Gasteiger partial charge in [0.05, 0.1) is 0 Å². The second-order valence-electron chi connectivity index (χ2n) is 7.90. The molecule has 0 spiro atoms. The van der Waals surface area contributed by atoms with Crippen LogP contribution in [0.4, 0.5) is 5.82 Å². The van der Waals surface area contributed by atoms with Crippen molar-refractivity contribution in [1.82, 2.24) is 29.0 Å². The number of fused-ring (bicyclic) bond motifs is 3. The number of carbonyl (C=O) groups is 1. The summed E-state index contributed by atoms with van der Waals surface area (Å²) in [4.78, 5) is 43.2. The number of hydrogen-bond donors (Lipinski definition) is 0. The van der Waals surface area contributed by atoms with Crippen LogP contribution in [0.5, 0.6) is 0 Å². The lowest BCUT2D eigenvalue weighted by molar-refractivity contribution is -0.132. The fraction of sp³-hybridized carbons (Fsp3) is 0.476. The Labute approximate surface area is 174 Å². The molecule has 1 saturated heterocycles. The predicted octanol–water partition coefficient (Wildman–Crippen LogP) is 1.06. The Kier molecular flexibility index (Phi) is 4.94. The summed E-state index contributed by atoms with van der Waals surface area (Å²) >= 11 is 0. The van der Waals surface area contributed by atoms with E-state index in [1.807, 2.05) is 18.2 Å². The third-order valence-corrected chi connectivity index (χ3v) is 6.00. The van der Waals surface area contributed by atoms with Gasteiger partial charge in [-0.1, -0.05) is 12.5 Å². The third-order valence-electron chi connectivity index (χ3n) is 6.00. The number of rotatable bonds is 3. The smallest absolute Gasteiger partial charge is 0.282 e. The van der Waals surface area contributed by atoms with Crippen molar-refractivity contribution in [1.29, 1.82) is 0 Å². The number of hydrogen-bond acceptors (Lipinski definition) is 6. The minimum Gasteiger partial charge on any atom is -0.353 e. The molecule has 9 nitrogen and oxygen atoms in total. The average Bonchev–Trinajstić information content (AvgIpc) is 2.98. The lowest BCUT2D eigenvalue weighted by Crippen LogP contribution is -2.50. The highest BCUT2D eigenvalue weighted by Gasteiger charge is 2.23. The van der Waals surface area contributed by atoms with E-state index in [-0.39, 0.29) is 18.0 Å². The van der Waals surface area contributed by atoms with Crippen LogP contribution in [0.2, 0.25) is 0 Å². The van der Waals surface area contributed by atoms with Gasteiger partial charge in [-0.3, -0.25) is 14.2 Å². The zero-order valence-corrected chi connectivity index (χ0v) is 16.9. The molecule has 156 valence electrons. The Bertz CT molecular complexity index is 1110. The molecule has 0 aliphatic carbocycles. The Balaban J connectivity index is 1.29. The van der Waals surface area contributed by atoms with E-state index in [1.54, 1.807) is 11.1 Å². The number of piperazine rings is 1. The van der Waals surface area contributed by atoms with Crippen molar-refractivity contribution in [2.24, 2.45) is 0 Å². The molecule has 0 aromatic carbocycles. The Morgan fingerprint density at radius 2 is 1.87 bits per heavy atom. The van der Waals surface area contributed by atoms with Crippen molar-refractivity contribution in [3.63, 3.8) is 0 Å². The molecule has 0 N–H and O–H groups in total. The van der Waals surface area contributed by atoms with E-state index in [2.05, 4.69) is 24.4 Å². The molecule has 2 aliphatic heterocycles. The maximum atomic E-state index is 12.9. The van der Waals surface area contributed by atoms with Gasteiger partial charge in [0.1, 0.15) is 24.5 Å². The van der Waals surface area contributed by atoms with Gasteiger partial charge in [0, 0.05) is 45.3 Å². The van der Waals surface area contributed by atoms with Gasteiger partial charge in [0.2, 0.25) is 5.91 Å². The second kappa shape index (κ2) is 7.89. The van der Waals surface area contributed by atoms with E-state index in [9.17, 15) is 9.59 Å². The van der Waals surface area contributed by atoms with Crippen LogP contribution in [0.15, 0.2) is 35.5 Å². The fourth-order valence-electron chi connectivity index (χ4n) is 4.32. The minimum absolute atomic E-state index is 0.00640. The summed E-state index contributed by atoms with van der Waals surface area (Å²) in [7, 11) is 0. The number of amides is 1. The molecule has 3 aromatic rings. The highest BCUT2D eigenvalue weighted by Crippen LogP contribution is 2.18. The lowest BCUT2D eigenvalue weighted by atomic mass is 10.2. The van der Waals surface area contributed by atoms with Crippen LogP contribution in [-0.4, -0.2) is 61.1 Å². The Morgan fingerprint density at radius 3 is 2.67 bits per heavy atom. The zero-order chi connectivity index (χ0) is 20.5. The van der Waals surface area contributed by atoms with Crippen molar-refractivity contribution >= 4 is 22.9 Å². The van der Waals surface area contributed by atoms with Crippen molar-refractivity contribution in [3.8, 4) is 0 Å². The number of nitrogens with zero attached hydrogens (tertiary/aromatic N) is 7. The highest BCUT2D eigenvalue weighted by atomic mass is 16.2. The third kappa shape index (κ3) is 3.44. The number of pyridine rings is 1. The lowest BCUT2D eigenvalue weighted by Gasteiger charge is -2.35. The maximum Gasteiger partial charge on any atom is 0.282 e. The summed E-state index contributed by atoms with van der Waals surface area (Å²) in [5.74, 6) is 1.79. The molecule has 5 rings (SSSR count). The summed E-state index contributed by atoms with van der Waals surface area (Å²) in [5.41, 5.74) is 0.785. The molecule has 5 heterocycles. The van der Waals surface area contributed by atoms with E-state index in [0.717, 1.165) is 50.5 Å². The van der Waals surface area contributed by atoms with Crippen molar-refractivity contribution < 1.29 is 4.79 Å². The normalized spacial score (nSPS) is 17.1. The number of carbonyl (C=O) groups excluding carboxylic acids is 1. The molecule has 2 aliphatic rings. The van der Waals surface area contributed by atoms with Gasteiger partial charge in [-0.2, -0.15) is 0 Å². The second-order valence-corrected chi connectivity index (χ2v) is 7.90. The molecule has 0 saturated carbocycles. The van der Waals surface area contributed by atoms with Crippen molar-refractivity contribution in [2.75, 3.05) is 31.1 Å². The largest absolute Gasteiger partial charge is 0.353 e. The predicted molar refractivity (Wildman–Crippen MR) is 112 cm³/mol. The first-order chi connectivity index (χ1) is 14.7. The minimum atomic E-state index is -0.235. The molecule has 1 amide bonds. The average molecular weight is 407 g/mol. The van der Waals surface area contributed by atoms with Crippen molar-refractivity contribution in [3.05, 3.63) is 46.9 Å². The van der Waals surface area contributed by atoms with Crippen LogP contribution in [0.1, 0.15) is 25.1 Å². The monoisotopic (exact) mass is 407 g/mol. The quantitative estimate of drug-likeness (QED) is 0.645. The molecular formula is C21H25N7O2. The van der Waals surface area contributed by atoms with Gasteiger partial charge < -0.3 is 14.4 Å². The SMILES string of the molecule is O=C(Cn1cnc2c(nc3n2CCCCC3)c1=O)N1CCN(c2ccccn2)CC1. The molecular weight excluding hydrogens is 382 g/mol. The van der Waals surface area contributed by atoms with E-state index in [4.69, 9.17) is 0 Å². The summed E-state index contributed by atoms with van der Waals surface area (Å²) < 4.78 is 3.45. The van der Waals surface area contributed by atoms with Crippen LogP contribution in [0.25, 0.3) is 11.2 Å². The topological polar surface area (TPSA) is 89.1 Å². The zero-order valence-electron chi connectivity index (χ0n) is 16.9. The molecule has 3 aromatic heterocycles. The van der Waals surface area contributed by atoms with Crippen LogP contribution in [0, 0.1) is 0 Å². The van der Waals surface area contributed by atoms with Gasteiger partial charge in [0.25, 0.3) is 5.56 Å². The van der Waals surface area contributed by atoms with Crippen LogP contribution >= 0.6 is 0 Å². The first-order valence-corrected chi connectivity index (χ1v) is 10.6. The summed E-state index contributed by atoms with van der Waals surface area (Å²) in [6, 6.07) is 5.83. The number of aryl methyl sites for hydroxylation is 2. The first-order valence-electron chi connectivity index (χ1n) is 10.6. The number of anilines is 1. The van der Waals surface area contributed by atoms with E-state index in [0.29, 0.717) is 24.3 Å². The van der Waals surface area contributed by atoms with E-state index < -0.39 is 0 Å². The summed E-state index contributed by atoms with van der Waals surface area (Å²) in [5, 5.41) is 0. The molecule has 0 unspecified atom stereocenters. The van der Waals surface area contributed by atoms with Crippen LogP contribution in [-0.2, 0) is 24.3 Å². The van der Waals surface area contributed by atoms with Gasteiger partial charge in [-0.05, 0) is 25.0 Å². The molecule has 0 atom stereocenters. The number of imidazole rings is 1. The van der Waals surface area contributed by atoms with E-state index >= 15 is 0 Å². The first kappa shape index (κ1) is 18.8. The number of aromatic nitrogens is 5. The molecule has 9 heteroatoms. The van der Waals surface area contributed by atoms with Gasteiger partial charge in [0.15, 0.2) is 11.2 Å². The highest BCUT2D eigenvalue weighted by molar-refractivity contribution is 5.77. The Hall–Kier alpha value is -3.23. The maximum absolute atomic E-state index is 12.9. The van der Waals surface area contributed by atoms with Gasteiger partial charge >= 0.3 is 0 Å². The standard InChI is InChI=1S/C21H25N7O2/c29-18(26-12-10-25(11-13-26)16-6-3-4-8-22-16)14-27-15-23-20-19(21(27)30)24-17-7-2-1-5-9-28(17)20/h3-4,6,8,15H,1-2,5,7,9-14H2. The molecule has 0 bridgehead atoms. The van der Waals surface area contributed by atoms with E-state index in [1.165, 1.54) is 17.3 Å². The Morgan fingerprint density at radius 1 is 1.00 bits per heavy atom. The van der Waals surface area contributed by atoms with Crippen molar-refractivity contribution in [2.45, 2.75) is 38.8 Å². The molecule has 30 heavy (non-hydrogen) atoms. The van der Waals surface area contributed by atoms with Crippen LogP contribution < -0.4 is 10.5 Å². The summed E-state index contributed by atoms with van der Waals surface area (Å²) in [6.45, 7) is 3.51. The van der Waals surface area contributed by atoms with Gasteiger partial charge in [-0.25, -0.2) is 15.0 Å².